The van der Waals surface area contributed by atoms with Gasteiger partial charge in [-0.2, -0.15) is 0 Å². The second kappa shape index (κ2) is 8.41. The molecule has 6 nitrogen and oxygen atoms in total. The van der Waals surface area contributed by atoms with Crippen LogP contribution in [0.2, 0.25) is 0 Å². The number of Topliss-reactive ketones (excluding diaryl/α,β-unsaturated/α-hetero) is 1. The minimum absolute atomic E-state index is 0.0142. The molecule has 0 aliphatic carbocycles. The van der Waals surface area contributed by atoms with Crippen molar-refractivity contribution in [2.45, 2.75) is 46.6 Å². The van der Waals surface area contributed by atoms with Crippen molar-refractivity contribution >= 4 is 17.4 Å². The molecule has 1 N–H and O–H groups in total. The van der Waals surface area contributed by atoms with Crippen molar-refractivity contribution in [3.8, 4) is 0 Å². The number of carbonyl (C=O) groups excluding carboxylic acids is 2. The van der Waals surface area contributed by atoms with E-state index < -0.39 is 11.0 Å². The Balaban J connectivity index is 3.16. The first-order valence-electron chi connectivity index (χ1n) is 7.84. The van der Waals surface area contributed by atoms with Crippen molar-refractivity contribution < 1.29 is 14.5 Å². The lowest BCUT2D eigenvalue weighted by molar-refractivity contribution is -0.385. The monoisotopic (exact) mass is 320 g/mol. The third kappa shape index (κ3) is 5.16. The molecule has 0 bridgehead atoms. The smallest absolute Gasteiger partial charge is 0.274 e. The van der Waals surface area contributed by atoms with Gasteiger partial charge in [-0.1, -0.05) is 45.9 Å². The molecule has 0 fully saturated rings. The highest BCUT2D eigenvalue weighted by Gasteiger charge is 2.27. The molecule has 0 radical (unpaired) electrons. The number of nitro groups is 1. The van der Waals surface area contributed by atoms with Gasteiger partial charge in [0, 0.05) is 24.3 Å². The largest absolute Gasteiger partial charge is 0.348 e. The Labute approximate surface area is 136 Å². The fourth-order valence-electron chi connectivity index (χ4n) is 2.16. The number of nitrogens with one attached hydrogen (secondary N) is 1. The summed E-state index contributed by atoms with van der Waals surface area (Å²) in [6.45, 7) is 7.21. The van der Waals surface area contributed by atoms with Gasteiger partial charge in [0.1, 0.15) is 5.78 Å². The van der Waals surface area contributed by atoms with E-state index >= 15 is 0 Å². The van der Waals surface area contributed by atoms with Gasteiger partial charge in [0.25, 0.3) is 5.69 Å². The maximum Gasteiger partial charge on any atom is 0.274 e. The molecular weight excluding hydrogens is 296 g/mol. The molecule has 0 saturated heterocycles. The number of hydrogen-bond acceptors (Lipinski definition) is 4. The van der Waals surface area contributed by atoms with Crippen LogP contribution in [0, 0.1) is 22.0 Å². The van der Waals surface area contributed by atoms with E-state index in [4.69, 9.17) is 0 Å². The first-order chi connectivity index (χ1) is 10.8. The van der Waals surface area contributed by atoms with Crippen LogP contribution in [0.3, 0.4) is 0 Å². The molecule has 2 unspecified atom stereocenters. The maximum atomic E-state index is 12.3. The van der Waals surface area contributed by atoms with Crippen LogP contribution < -0.4 is 5.32 Å². The predicted molar refractivity (Wildman–Crippen MR) is 87.9 cm³/mol. The van der Waals surface area contributed by atoms with Crippen molar-refractivity contribution in [3.05, 3.63) is 39.9 Å². The van der Waals surface area contributed by atoms with Crippen LogP contribution in [-0.2, 0) is 9.59 Å². The SMILES string of the molecule is CCC(C)C(=O)CC(NC(=O)C(C)C)c1ccccc1[N+](=O)[O-]. The summed E-state index contributed by atoms with van der Waals surface area (Å²) < 4.78 is 0. The van der Waals surface area contributed by atoms with Crippen LogP contribution in [0.15, 0.2) is 24.3 Å². The maximum absolute atomic E-state index is 12.3. The standard InChI is InChI=1S/C17H24N2O4/c1-5-12(4)16(20)10-14(18-17(21)11(2)3)13-8-6-7-9-15(13)19(22)23/h6-9,11-12,14H,5,10H2,1-4H3,(H,18,21). The molecule has 6 heteroatoms. The number of para-hydroxylation sites is 1. The number of nitro benzene ring substituents is 1. The summed E-state index contributed by atoms with van der Waals surface area (Å²) in [5.74, 6) is -0.653. The van der Waals surface area contributed by atoms with Gasteiger partial charge in [0.15, 0.2) is 0 Å². The minimum atomic E-state index is -0.687. The zero-order valence-corrected chi connectivity index (χ0v) is 14.0. The molecular formula is C17H24N2O4. The lowest BCUT2D eigenvalue weighted by Crippen LogP contribution is -2.34. The molecule has 1 amide bonds. The van der Waals surface area contributed by atoms with E-state index in [2.05, 4.69) is 5.32 Å². The van der Waals surface area contributed by atoms with E-state index in [0.717, 1.165) is 0 Å². The summed E-state index contributed by atoms with van der Waals surface area (Å²) in [5, 5.41) is 14.0. The quantitative estimate of drug-likeness (QED) is 0.587. The Morgan fingerprint density at radius 2 is 1.83 bits per heavy atom. The molecule has 0 saturated carbocycles. The topological polar surface area (TPSA) is 89.3 Å². The number of ketones is 1. The van der Waals surface area contributed by atoms with Gasteiger partial charge in [-0.25, -0.2) is 0 Å². The second-order valence-corrected chi connectivity index (χ2v) is 6.01. The third-order valence-corrected chi connectivity index (χ3v) is 3.92. The van der Waals surface area contributed by atoms with E-state index in [1.54, 1.807) is 32.0 Å². The molecule has 126 valence electrons. The van der Waals surface area contributed by atoms with E-state index in [9.17, 15) is 19.7 Å². The second-order valence-electron chi connectivity index (χ2n) is 6.01. The number of amides is 1. The Hall–Kier alpha value is -2.24. The predicted octanol–water partition coefficient (Wildman–Crippen LogP) is 3.41. The molecule has 0 aliphatic rings. The van der Waals surface area contributed by atoms with Gasteiger partial charge in [-0.3, -0.25) is 19.7 Å². The summed E-state index contributed by atoms with van der Waals surface area (Å²) in [6.07, 6.45) is 0.749. The van der Waals surface area contributed by atoms with Crippen LogP contribution in [0.25, 0.3) is 0 Å². The van der Waals surface area contributed by atoms with Crippen molar-refractivity contribution in [3.63, 3.8) is 0 Å². The first-order valence-corrected chi connectivity index (χ1v) is 7.84. The Morgan fingerprint density at radius 3 is 2.35 bits per heavy atom. The van der Waals surface area contributed by atoms with Gasteiger partial charge in [-0.15, -0.1) is 0 Å². The van der Waals surface area contributed by atoms with E-state index in [1.165, 1.54) is 6.07 Å². The number of rotatable bonds is 8. The van der Waals surface area contributed by atoms with Gasteiger partial charge in [0.05, 0.1) is 16.5 Å². The van der Waals surface area contributed by atoms with E-state index in [1.807, 2.05) is 13.8 Å². The van der Waals surface area contributed by atoms with Crippen molar-refractivity contribution in [1.29, 1.82) is 0 Å². The van der Waals surface area contributed by atoms with Crippen molar-refractivity contribution in [1.82, 2.24) is 5.32 Å². The molecule has 1 aromatic rings. The van der Waals surface area contributed by atoms with Crippen LogP contribution in [0.4, 0.5) is 5.69 Å². The van der Waals surface area contributed by atoms with Crippen LogP contribution >= 0.6 is 0 Å². The van der Waals surface area contributed by atoms with Gasteiger partial charge in [-0.05, 0) is 6.42 Å². The molecule has 2 atom stereocenters. The molecule has 23 heavy (non-hydrogen) atoms. The number of benzene rings is 1. The molecule has 0 aliphatic heterocycles. The number of carbonyl (C=O) groups is 2. The average molecular weight is 320 g/mol. The summed E-state index contributed by atoms with van der Waals surface area (Å²) >= 11 is 0. The van der Waals surface area contributed by atoms with Crippen LogP contribution in [0.1, 0.15) is 52.1 Å². The highest BCUT2D eigenvalue weighted by Crippen LogP contribution is 2.28. The Morgan fingerprint density at radius 1 is 1.22 bits per heavy atom. The minimum Gasteiger partial charge on any atom is -0.348 e. The average Bonchev–Trinajstić information content (AvgIpc) is 2.52. The molecule has 1 rings (SSSR count). The first kappa shape index (κ1) is 18.8. The Bertz CT molecular complexity index is 584. The fraction of sp³-hybridized carbons (Fsp3) is 0.529. The number of hydrogen-bond donors (Lipinski definition) is 1. The normalized spacial score (nSPS) is 13.4. The Kier molecular flexibility index (Phi) is 6.88. The van der Waals surface area contributed by atoms with Gasteiger partial charge in [0.2, 0.25) is 5.91 Å². The van der Waals surface area contributed by atoms with E-state index in [-0.39, 0.29) is 35.6 Å². The highest BCUT2D eigenvalue weighted by atomic mass is 16.6. The summed E-state index contributed by atoms with van der Waals surface area (Å²) in [7, 11) is 0. The van der Waals surface area contributed by atoms with Crippen molar-refractivity contribution in [2.24, 2.45) is 11.8 Å². The highest BCUT2D eigenvalue weighted by molar-refractivity contribution is 5.83. The fourth-order valence-corrected chi connectivity index (χ4v) is 2.16. The lowest BCUT2D eigenvalue weighted by Gasteiger charge is -2.21. The molecule has 0 spiro atoms. The molecule has 0 heterocycles. The van der Waals surface area contributed by atoms with Crippen molar-refractivity contribution in [2.75, 3.05) is 0 Å². The van der Waals surface area contributed by atoms with Gasteiger partial charge >= 0.3 is 0 Å². The summed E-state index contributed by atoms with van der Waals surface area (Å²) in [6, 6.07) is 5.53. The van der Waals surface area contributed by atoms with Crippen LogP contribution in [0.5, 0.6) is 0 Å². The van der Waals surface area contributed by atoms with Gasteiger partial charge < -0.3 is 5.32 Å². The number of nitrogens with zero attached hydrogens (tertiary/aromatic N) is 1. The molecule has 1 aromatic carbocycles. The summed E-state index contributed by atoms with van der Waals surface area (Å²) in [4.78, 5) is 35.0. The zero-order valence-electron chi connectivity index (χ0n) is 14.0. The zero-order chi connectivity index (χ0) is 17.6. The van der Waals surface area contributed by atoms with E-state index in [0.29, 0.717) is 12.0 Å². The molecule has 0 aromatic heterocycles. The lowest BCUT2D eigenvalue weighted by atomic mass is 9.93. The third-order valence-electron chi connectivity index (χ3n) is 3.92. The van der Waals surface area contributed by atoms with Crippen LogP contribution in [-0.4, -0.2) is 16.6 Å². The summed E-state index contributed by atoms with van der Waals surface area (Å²) in [5.41, 5.74) is 0.279.